The largest absolute Gasteiger partial charge is 0.504 e. The molecule has 7 rings (SSSR count). The second-order valence-electron chi connectivity index (χ2n) is 16.0. The van der Waals surface area contributed by atoms with E-state index in [-0.39, 0.29) is 76.4 Å². The molecule has 11 N–H and O–H groups in total. The molecule has 0 bridgehead atoms. The third-order valence-corrected chi connectivity index (χ3v) is 12.4. The number of aromatic hydroxyl groups is 1. The average Bonchev–Trinajstić information content (AvgIpc) is 3.93. The first-order chi connectivity index (χ1) is 30.7. The number of aliphatic hydroxyl groups excluding tert-OH is 10. The van der Waals surface area contributed by atoms with Crippen LogP contribution in [0.4, 0.5) is 0 Å². The molecule has 0 unspecified atom stereocenters. The lowest BCUT2D eigenvalue weighted by Crippen LogP contribution is -2.60. The van der Waals surface area contributed by atoms with Gasteiger partial charge in [0.25, 0.3) is 0 Å². The van der Waals surface area contributed by atoms with Gasteiger partial charge in [-0.2, -0.15) is 0 Å². The summed E-state index contributed by atoms with van der Waals surface area (Å²) in [5.74, 6) is -1.56. The minimum Gasteiger partial charge on any atom is -0.504 e. The molecule has 21 nitrogen and oxygen atoms in total. The molecule has 0 saturated carbocycles. The molecule has 4 aliphatic rings. The Morgan fingerprint density at radius 1 is 0.578 bits per heavy atom. The fraction of sp³-hybridized carbons (Fsp3) is 0.581. The Bertz CT molecular complexity index is 2020. The van der Waals surface area contributed by atoms with Gasteiger partial charge < -0.3 is 104 Å². The molecule has 21 heteroatoms. The minimum absolute atomic E-state index is 0.0209. The summed E-state index contributed by atoms with van der Waals surface area (Å²) in [7, 11) is 5.38. The van der Waals surface area contributed by atoms with E-state index in [4.69, 9.17) is 47.4 Å². The van der Waals surface area contributed by atoms with Crippen molar-refractivity contribution in [2.45, 2.75) is 85.6 Å². The van der Waals surface area contributed by atoms with E-state index in [0.717, 1.165) is 5.56 Å². The predicted octanol–water partition coefficient (Wildman–Crippen LogP) is -1.33. The molecule has 0 spiro atoms. The summed E-state index contributed by atoms with van der Waals surface area (Å²) in [6.45, 7) is -1.42. The maximum Gasteiger partial charge on any atom is 0.229 e. The van der Waals surface area contributed by atoms with Gasteiger partial charge >= 0.3 is 0 Å². The Balaban J connectivity index is 1.11. The van der Waals surface area contributed by atoms with Crippen LogP contribution >= 0.6 is 0 Å². The predicted molar refractivity (Wildman–Crippen MR) is 215 cm³/mol. The first-order valence-corrected chi connectivity index (χ1v) is 20.5. The number of phenols is 1. The highest BCUT2D eigenvalue weighted by atomic mass is 16.7. The van der Waals surface area contributed by atoms with Crippen molar-refractivity contribution in [1.82, 2.24) is 0 Å². The van der Waals surface area contributed by atoms with E-state index in [1.54, 1.807) is 30.3 Å². The minimum atomic E-state index is -1.74. The van der Waals surface area contributed by atoms with Crippen LogP contribution in [0.15, 0.2) is 42.5 Å². The van der Waals surface area contributed by atoms with Gasteiger partial charge in [-0.3, -0.25) is 0 Å². The first kappa shape index (κ1) is 47.7. The molecule has 0 radical (unpaired) electrons. The monoisotopic (exact) mass is 908 g/mol. The van der Waals surface area contributed by atoms with Crippen LogP contribution in [0, 0.1) is 11.8 Å². The molecule has 4 saturated heterocycles. The molecule has 3 aromatic carbocycles. The van der Waals surface area contributed by atoms with Gasteiger partial charge in [-0.1, -0.05) is 6.07 Å². The normalized spacial score (nSPS) is 33.5. The Labute approximate surface area is 367 Å². The van der Waals surface area contributed by atoms with Gasteiger partial charge in [-0.05, 0) is 53.1 Å². The van der Waals surface area contributed by atoms with Crippen molar-refractivity contribution >= 4 is 0 Å². The van der Waals surface area contributed by atoms with Crippen LogP contribution in [0.2, 0.25) is 0 Å². The molecule has 4 fully saturated rings. The molecular weight excluding hydrogens is 852 g/mol. The quantitative estimate of drug-likeness (QED) is 0.0793. The van der Waals surface area contributed by atoms with Crippen LogP contribution in [-0.2, 0) is 18.9 Å². The molecule has 0 amide bonds. The maximum absolute atomic E-state index is 11.9. The second kappa shape index (κ2) is 20.1. The Hall–Kier alpha value is -4.30. The van der Waals surface area contributed by atoms with E-state index in [2.05, 4.69) is 0 Å². The van der Waals surface area contributed by atoms with Crippen molar-refractivity contribution in [2.24, 2.45) is 11.8 Å². The van der Waals surface area contributed by atoms with Crippen molar-refractivity contribution in [3.05, 3.63) is 64.7 Å². The lowest BCUT2D eigenvalue weighted by Gasteiger charge is -2.39. The zero-order valence-corrected chi connectivity index (χ0v) is 35.3. The van der Waals surface area contributed by atoms with Crippen molar-refractivity contribution in [3.8, 4) is 40.2 Å². The van der Waals surface area contributed by atoms with Crippen LogP contribution in [0.3, 0.4) is 0 Å². The molecule has 354 valence electrons. The van der Waals surface area contributed by atoms with E-state index >= 15 is 0 Å². The Kier molecular flexibility index (Phi) is 14.9. The highest BCUT2D eigenvalue weighted by Gasteiger charge is 2.50. The maximum atomic E-state index is 11.9. The van der Waals surface area contributed by atoms with Gasteiger partial charge in [0, 0.05) is 23.3 Å². The zero-order valence-electron chi connectivity index (χ0n) is 35.3. The highest BCUT2D eigenvalue weighted by molar-refractivity contribution is 5.56. The number of ether oxygens (including phenoxy) is 10. The summed E-state index contributed by atoms with van der Waals surface area (Å²) >= 11 is 0. The van der Waals surface area contributed by atoms with Crippen LogP contribution < -0.4 is 28.4 Å². The third kappa shape index (κ3) is 8.86. The molecule has 4 aliphatic heterocycles. The number of phenolic OH excluding ortho intramolecular Hbond substituents is 1. The van der Waals surface area contributed by atoms with Crippen LogP contribution in [0.1, 0.15) is 46.5 Å². The van der Waals surface area contributed by atoms with Crippen LogP contribution in [0.5, 0.6) is 40.2 Å². The number of rotatable bonds is 16. The standard InChI is InChI=1S/C43H56O21/c1-55-25-8-17(5-6-24(25)61-42-37(53)35(51)33(49)29(13-45)62-42)39-22-15-60-40(23(22)16-59-39)19-7-20(32(48)26(11-19)56-2)21(12-44)31(47)18-9-27(57-3)41(28(10-18)58-4)64-43-38(54)36(52)34(50)30(14-46)63-43/h5-11,21-23,29-31,33-40,42-54H,12-16H2,1-4H3/t21-,22+,23+,29-,30-,31+,33-,34-,35+,36+,37-,38-,39-,40-,42-,43+/m1/s1. The van der Waals surface area contributed by atoms with Gasteiger partial charge in [0.2, 0.25) is 18.3 Å². The van der Waals surface area contributed by atoms with E-state index < -0.39 is 105 Å². The summed E-state index contributed by atoms with van der Waals surface area (Å²) in [6.07, 6.45) is -17.9. The van der Waals surface area contributed by atoms with Crippen molar-refractivity contribution in [2.75, 3.05) is 61.5 Å². The van der Waals surface area contributed by atoms with Gasteiger partial charge in [-0.15, -0.1) is 0 Å². The summed E-state index contributed by atoms with van der Waals surface area (Å²) in [5.41, 5.74) is 1.58. The average molecular weight is 909 g/mol. The smallest absolute Gasteiger partial charge is 0.229 e. The zero-order chi connectivity index (χ0) is 46.1. The second-order valence-corrected chi connectivity index (χ2v) is 16.0. The number of aliphatic hydroxyl groups is 10. The number of hydrogen-bond donors (Lipinski definition) is 11. The molecule has 64 heavy (non-hydrogen) atoms. The number of benzene rings is 3. The van der Waals surface area contributed by atoms with E-state index in [1.165, 1.54) is 40.6 Å². The Morgan fingerprint density at radius 2 is 1.08 bits per heavy atom. The fourth-order valence-electron chi connectivity index (χ4n) is 8.81. The molecule has 3 aromatic rings. The Morgan fingerprint density at radius 3 is 1.58 bits per heavy atom. The number of methoxy groups -OCH3 is 4. The molecule has 16 atom stereocenters. The van der Waals surface area contributed by atoms with Gasteiger partial charge in [0.05, 0.1) is 79.8 Å². The van der Waals surface area contributed by atoms with Crippen molar-refractivity contribution in [3.63, 3.8) is 0 Å². The summed E-state index contributed by atoms with van der Waals surface area (Å²) in [5, 5.41) is 115. The van der Waals surface area contributed by atoms with Gasteiger partial charge in [-0.25, -0.2) is 0 Å². The summed E-state index contributed by atoms with van der Waals surface area (Å²) in [4.78, 5) is 0. The van der Waals surface area contributed by atoms with Crippen LogP contribution in [-0.4, -0.2) is 179 Å². The van der Waals surface area contributed by atoms with Crippen molar-refractivity contribution in [1.29, 1.82) is 0 Å². The molecule has 0 aromatic heterocycles. The number of fused-ring (bicyclic) bond motifs is 1. The highest BCUT2D eigenvalue weighted by Crippen LogP contribution is 2.53. The SMILES string of the molecule is COc1cc([C@H]2OC[C@H]3[C@@H]2CO[C@@H]3c2cc(OC)c(O)c([C@@H](CO)[C@@H](O)c3cc(OC)c(O[C@@H]4O[C@H](CO)[C@@H](O)[C@H](O)[C@H]4O)c(OC)c3)c2)ccc1O[C@@H]1O[C@H](CO)[C@@H](O)[C@H](O)[C@H]1O. The lowest BCUT2D eigenvalue weighted by molar-refractivity contribution is -0.277. The molecule has 0 aliphatic carbocycles. The van der Waals surface area contributed by atoms with E-state index in [0.29, 0.717) is 5.56 Å². The third-order valence-electron chi connectivity index (χ3n) is 12.4. The molecular formula is C43H56O21. The fourth-order valence-corrected chi connectivity index (χ4v) is 8.81. The van der Waals surface area contributed by atoms with Crippen LogP contribution in [0.25, 0.3) is 0 Å². The van der Waals surface area contributed by atoms with Gasteiger partial charge in [0.1, 0.15) is 48.8 Å². The summed E-state index contributed by atoms with van der Waals surface area (Å²) < 4.78 is 57.7. The van der Waals surface area contributed by atoms with E-state index in [9.17, 15) is 56.2 Å². The summed E-state index contributed by atoms with van der Waals surface area (Å²) in [6, 6.07) is 11.0. The first-order valence-electron chi connectivity index (χ1n) is 20.5. The van der Waals surface area contributed by atoms with Crippen molar-refractivity contribution < 1.29 is 104 Å². The number of hydrogen-bond acceptors (Lipinski definition) is 21. The van der Waals surface area contributed by atoms with Gasteiger partial charge in [0.15, 0.2) is 34.5 Å². The topological polar surface area (TPSA) is 315 Å². The van der Waals surface area contributed by atoms with E-state index in [1.807, 2.05) is 0 Å². The lowest BCUT2D eigenvalue weighted by atomic mass is 9.82. The molecule has 4 heterocycles.